The number of piperazine rings is 1. The first-order valence-corrected chi connectivity index (χ1v) is 9.79. The highest BCUT2D eigenvalue weighted by Gasteiger charge is 2.22. The molecule has 0 spiro atoms. The fraction of sp³-hybridized carbons (Fsp3) is 0.381. The van der Waals surface area contributed by atoms with E-state index in [9.17, 15) is 4.79 Å². The van der Waals surface area contributed by atoms with Crippen molar-refractivity contribution in [2.24, 2.45) is 0 Å². The van der Waals surface area contributed by atoms with Gasteiger partial charge in [0.2, 0.25) is 0 Å². The number of quaternary nitrogens is 1. The number of benzene rings is 2. The van der Waals surface area contributed by atoms with Gasteiger partial charge in [-0.1, -0.05) is 29.8 Å². The van der Waals surface area contributed by atoms with E-state index >= 15 is 0 Å². The number of anilines is 1. The van der Waals surface area contributed by atoms with E-state index in [2.05, 4.69) is 41.4 Å². The largest absolute Gasteiger partial charge is 0.492 e. The standard InChI is InChI=1S/C21H26ClN3O2/c1-17-4-2-3-5-20(17)25-13-11-24(12-14-25)16-21(26)23-10-15-27-19-8-6-18(22)7-9-19/h2-9H,10-16H2,1H3,(H,23,26)/p+1. The van der Waals surface area contributed by atoms with Gasteiger partial charge in [-0.25, -0.2) is 0 Å². The van der Waals surface area contributed by atoms with Crippen LogP contribution >= 0.6 is 11.6 Å². The van der Waals surface area contributed by atoms with Crippen molar-refractivity contribution in [3.8, 4) is 5.75 Å². The predicted octanol–water partition coefficient (Wildman–Crippen LogP) is 1.55. The Morgan fingerprint density at radius 1 is 1.15 bits per heavy atom. The van der Waals surface area contributed by atoms with Crippen molar-refractivity contribution in [2.75, 3.05) is 50.8 Å². The van der Waals surface area contributed by atoms with Crippen LogP contribution in [0.15, 0.2) is 48.5 Å². The molecule has 1 amide bonds. The molecule has 27 heavy (non-hydrogen) atoms. The molecule has 0 atom stereocenters. The van der Waals surface area contributed by atoms with Crippen LogP contribution in [0.4, 0.5) is 5.69 Å². The molecule has 3 rings (SSSR count). The van der Waals surface area contributed by atoms with Gasteiger partial charge in [0, 0.05) is 10.7 Å². The summed E-state index contributed by atoms with van der Waals surface area (Å²) in [6.45, 7) is 7.52. The van der Waals surface area contributed by atoms with Crippen LogP contribution < -0.4 is 19.9 Å². The van der Waals surface area contributed by atoms with E-state index in [4.69, 9.17) is 16.3 Å². The number of carbonyl (C=O) groups is 1. The number of hydrogen-bond acceptors (Lipinski definition) is 3. The summed E-state index contributed by atoms with van der Waals surface area (Å²) in [5, 5.41) is 3.62. The monoisotopic (exact) mass is 388 g/mol. The Kier molecular flexibility index (Phi) is 6.96. The van der Waals surface area contributed by atoms with Gasteiger partial charge in [0.15, 0.2) is 6.54 Å². The fourth-order valence-electron chi connectivity index (χ4n) is 3.34. The SMILES string of the molecule is Cc1ccccc1N1CC[NH+](CC(=O)NCCOc2ccc(Cl)cc2)CC1. The summed E-state index contributed by atoms with van der Waals surface area (Å²) >= 11 is 5.84. The third-order valence-electron chi connectivity index (χ3n) is 4.84. The van der Waals surface area contributed by atoms with Crippen LogP contribution in [-0.4, -0.2) is 51.8 Å². The Morgan fingerprint density at radius 2 is 1.85 bits per heavy atom. The average molecular weight is 389 g/mol. The van der Waals surface area contributed by atoms with Crippen molar-refractivity contribution in [1.82, 2.24) is 5.32 Å². The molecule has 0 saturated carbocycles. The molecule has 1 aliphatic heterocycles. The van der Waals surface area contributed by atoms with E-state index in [1.54, 1.807) is 12.1 Å². The normalized spacial score (nSPS) is 14.8. The van der Waals surface area contributed by atoms with E-state index < -0.39 is 0 Å². The Morgan fingerprint density at radius 3 is 2.56 bits per heavy atom. The summed E-state index contributed by atoms with van der Waals surface area (Å²) in [4.78, 5) is 15.9. The maximum absolute atomic E-state index is 12.2. The summed E-state index contributed by atoms with van der Waals surface area (Å²) in [6.07, 6.45) is 0. The molecule has 0 aliphatic carbocycles. The lowest BCUT2D eigenvalue weighted by Crippen LogP contribution is -3.16. The molecule has 1 fully saturated rings. The summed E-state index contributed by atoms with van der Waals surface area (Å²) in [7, 11) is 0. The van der Waals surface area contributed by atoms with E-state index in [1.807, 2.05) is 12.1 Å². The second-order valence-electron chi connectivity index (χ2n) is 6.85. The van der Waals surface area contributed by atoms with Crippen LogP contribution in [0.5, 0.6) is 5.75 Å². The molecule has 5 nitrogen and oxygen atoms in total. The minimum atomic E-state index is 0.0778. The first-order chi connectivity index (χ1) is 13.1. The Labute approximate surface area is 165 Å². The molecule has 0 unspecified atom stereocenters. The number of halogens is 1. The molecule has 6 heteroatoms. The summed E-state index contributed by atoms with van der Waals surface area (Å²) < 4.78 is 5.59. The summed E-state index contributed by atoms with van der Waals surface area (Å²) in [5.74, 6) is 0.834. The zero-order valence-corrected chi connectivity index (χ0v) is 16.5. The van der Waals surface area contributed by atoms with Gasteiger partial charge in [-0.15, -0.1) is 0 Å². The Bertz CT molecular complexity index is 743. The summed E-state index contributed by atoms with van der Waals surface area (Å²) in [6, 6.07) is 15.7. The maximum atomic E-state index is 12.2. The maximum Gasteiger partial charge on any atom is 0.275 e. The third kappa shape index (κ3) is 5.88. The number of amides is 1. The van der Waals surface area contributed by atoms with Gasteiger partial charge in [0.05, 0.1) is 32.7 Å². The molecule has 1 saturated heterocycles. The number of carbonyl (C=O) groups excluding carboxylic acids is 1. The highest BCUT2D eigenvalue weighted by molar-refractivity contribution is 6.30. The Hall–Kier alpha value is -2.24. The number of nitrogens with zero attached hydrogens (tertiary/aromatic N) is 1. The lowest BCUT2D eigenvalue weighted by molar-refractivity contribution is -0.892. The molecule has 2 aromatic carbocycles. The van der Waals surface area contributed by atoms with Gasteiger partial charge in [-0.2, -0.15) is 0 Å². The van der Waals surface area contributed by atoms with Crippen molar-refractivity contribution in [3.63, 3.8) is 0 Å². The van der Waals surface area contributed by atoms with Crippen LogP contribution in [0.2, 0.25) is 5.02 Å². The van der Waals surface area contributed by atoms with Gasteiger partial charge in [-0.3, -0.25) is 4.79 Å². The van der Waals surface area contributed by atoms with Crippen molar-refractivity contribution in [2.45, 2.75) is 6.92 Å². The van der Waals surface area contributed by atoms with Gasteiger partial charge in [0.25, 0.3) is 5.91 Å². The molecular weight excluding hydrogens is 362 g/mol. The topological polar surface area (TPSA) is 46.0 Å². The van der Waals surface area contributed by atoms with E-state index in [0.29, 0.717) is 24.7 Å². The number of nitrogens with one attached hydrogen (secondary N) is 2. The zero-order valence-electron chi connectivity index (χ0n) is 15.7. The lowest BCUT2D eigenvalue weighted by atomic mass is 10.1. The predicted molar refractivity (Wildman–Crippen MR) is 109 cm³/mol. The molecule has 1 heterocycles. The van der Waals surface area contributed by atoms with Gasteiger partial charge < -0.3 is 19.9 Å². The van der Waals surface area contributed by atoms with Crippen molar-refractivity contribution in [1.29, 1.82) is 0 Å². The average Bonchev–Trinajstić information content (AvgIpc) is 2.68. The van der Waals surface area contributed by atoms with Crippen molar-refractivity contribution >= 4 is 23.2 Å². The second kappa shape index (κ2) is 9.62. The number of para-hydroxylation sites is 1. The molecule has 0 bridgehead atoms. The van der Waals surface area contributed by atoms with Crippen LogP contribution in [0.3, 0.4) is 0 Å². The lowest BCUT2D eigenvalue weighted by Gasteiger charge is -2.34. The van der Waals surface area contributed by atoms with E-state index in [-0.39, 0.29) is 5.91 Å². The minimum absolute atomic E-state index is 0.0778. The smallest absolute Gasteiger partial charge is 0.275 e. The second-order valence-corrected chi connectivity index (χ2v) is 7.29. The quantitative estimate of drug-likeness (QED) is 0.707. The molecule has 1 aliphatic rings. The first-order valence-electron chi connectivity index (χ1n) is 9.41. The molecule has 2 aromatic rings. The van der Waals surface area contributed by atoms with E-state index in [0.717, 1.165) is 31.9 Å². The highest BCUT2D eigenvalue weighted by Crippen LogP contribution is 2.18. The molecule has 0 radical (unpaired) electrons. The number of aryl methyl sites for hydroxylation is 1. The van der Waals surface area contributed by atoms with Crippen molar-refractivity contribution < 1.29 is 14.4 Å². The van der Waals surface area contributed by atoms with Crippen LogP contribution in [0.25, 0.3) is 0 Å². The molecule has 2 N–H and O–H groups in total. The van der Waals surface area contributed by atoms with E-state index in [1.165, 1.54) is 16.2 Å². The Balaban J connectivity index is 1.33. The van der Waals surface area contributed by atoms with Crippen LogP contribution in [-0.2, 0) is 4.79 Å². The van der Waals surface area contributed by atoms with Crippen LogP contribution in [0, 0.1) is 6.92 Å². The third-order valence-corrected chi connectivity index (χ3v) is 5.10. The molecular formula is C21H27ClN3O2+. The van der Waals surface area contributed by atoms with Crippen LogP contribution in [0.1, 0.15) is 5.56 Å². The number of rotatable bonds is 7. The molecule has 144 valence electrons. The first kappa shape index (κ1) is 19.5. The minimum Gasteiger partial charge on any atom is -0.492 e. The fourth-order valence-corrected chi connectivity index (χ4v) is 3.46. The number of hydrogen-bond donors (Lipinski definition) is 2. The molecule has 0 aromatic heterocycles. The van der Waals surface area contributed by atoms with Gasteiger partial charge in [0.1, 0.15) is 12.4 Å². The van der Waals surface area contributed by atoms with Gasteiger partial charge in [-0.05, 0) is 42.8 Å². The zero-order chi connectivity index (χ0) is 19.1. The van der Waals surface area contributed by atoms with Crippen molar-refractivity contribution in [3.05, 3.63) is 59.1 Å². The highest BCUT2D eigenvalue weighted by atomic mass is 35.5. The van der Waals surface area contributed by atoms with Gasteiger partial charge >= 0.3 is 0 Å². The number of ether oxygens (including phenoxy) is 1. The summed E-state index contributed by atoms with van der Waals surface area (Å²) in [5.41, 5.74) is 2.61.